The first kappa shape index (κ1) is 13.8. The Hall–Kier alpha value is -1.25. The molecule has 0 saturated carbocycles. The second-order valence-electron chi connectivity index (χ2n) is 5.46. The van der Waals surface area contributed by atoms with Crippen molar-refractivity contribution in [3.8, 4) is 5.75 Å². The second-order valence-corrected chi connectivity index (χ2v) is 5.46. The topological polar surface area (TPSA) is 53.1 Å². The average Bonchev–Trinajstić information content (AvgIpc) is 2.25. The Kier molecular flexibility index (Phi) is 4.02. The van der Waals surface area contributed by atoms with Gasteiger partial charge in [0.05, 0.1) is 0 Å². The summed E-state index contributed by atoms with van der Waals surface area (Å²) in [4.78, 5) is 14.4. The molecule has 3 nitrogen and oxygen atoms in total. The van der Waals surface area contributed by atoms with Gasteiger partial charge in [-0.2, -0.15) is 0 Å². The molecule has 2 N–H and O–H groups in total. The van der Waals surface area contributed by atoms with E-state index in [0.717, 1.165) is 18.5 Å². The summed E-state index contributed by atoms with van der Waals surface area (Å²) in [6.07, 6.45) is 2.25. The molecule has 1 aromatic rings. The van der Waals surface area contributed by atoms with Gasteiger partial charge in [0.15, 0.2) is 5.75 Å². The molecule has 0 aliphatic carbocycles. The van der Waals surface area contributed by atoms with Gasteiger partial charge in [-0.05, 0) is 24.5 Å². The number of aromatic amines is 1. The molecule has 1 aromatic heterocycles. The molecule has 0 aliphatic heterocycles. The fourth-order valence-corrected chi connectivity index (χ4v) is 2.09. The van der Waals surface area contributed by atoms with Gasteiger partial charge in [-0.15, -0.1) is 0 Å². The molecule has 0 fully saturated rings. The van der Waals surface area contributed by atoms with Crippen molar-refractivity contribution in [2.75, 3.05) is 0 Å². The van der Waals surface area contributed by atoms with Crippen LogP contribution in [-0.2, 0) is 5.41 Å². The van der Waals surface area contributed by atoms with Crippen LogP contribution in [0, 0.1) is 12.8 Å². The van der Waals surface area contributed by atoms with E-state index < -0.39 is 5.56 Å². The molecule has 1 unspecified atom stereocenters. The highest BCUT2D eigenvalue weighted by atomic mass is 16.3. The maximum atomic E-state index is 11.6. The number of H-pyrrole nitrogens is 1. The molecule has 0 amide bonds. The van der Waals surface area contributed by atoms with Crippen LogP contribution in [0.25, 0.3) is 0 Å². The summed E-state index contributed by atoms with van der Waals surface area (Å²) in [5.74, 6) is 0.305. The standard InChI is InChI=1S/C14H23NO2/c1-6-7-10(3)14(4,5)11-8-9(2)12(16)13(17)15-11/h8,10,16H,6-7H2,1-5H3,(H,15,17). The van der Waals surface area contributed by atoms with Crippen molar-refractivity contribution < 1.29 is 5.11 Å². The third-order valence-electron chi connectivity index (χ3n) is 3.85. The lowest BCUT2D eigenvalue weighted by atomic mass is 9.74. The van der Waals surface area contributed by atoms with Crippen LogP contribution in [0.5, 0.6) is 5.75 Å². The number of aromatic hydroxyl groups is 1. The van der Waals surface area contributed by atoms with Crippen molar-refractivity contribution in [2.24, 2.45) is 5.92 Å². The fraction of sp³-hybridized carbons (Fsp3) is 0.643. The first-order valence-electron chi connectivity index (χ1n) is 6.24. The minimum Gasteiger partial charge on any atom is -0.503 e. The predicted molar refractivity (Wildman–Crippen MR) is 70.6 cm³/mol. The Morgan fingerprint density at radius 2 is 2.06 bits per heavy atom. The van der Waals surface area contributed by atoms with E-state index in [1.54, 1.807) is 6.92 Å². The summed E-state index contributed by atoms with van der Waals surface area (Å²) in [5, 5.41) is 9.49. The van der Waals surface area contributed by atoms with Crippen LogP contribution < -0.4 is 5.56 Å². The quantitative estimate of drug-likeness (QED) is 0.845. The van der Waals surface area contributed by atoms with E-state index in [1.165, 1.54) is 0 Å². The predicted octanol–water partition coefficient (Wildman–Crippen LogP) is 3.10. The first-order valence-corrected chi connectivity index (χ1v) is 6.24. The Labute approximate surface area is 103 Å². The fourth-order valence-electron chi connectivity index (χ4n) is 2.09. The Morgan fingerprint density at radius 3 is 2.53 bits per heavy atom. The molecule has 1 atom stereocenters. The molecular weight excluding hydrogens is 214 g/mol. The van der Waals surface area contributed by atoms with Gasteiger partial charge in [-0.25, -0.2) is 0 Å². The minimum absolute atomic E-state index is 0.0897. The molecule has 3 heteroatoms. The largest absolute Gasteiger partial charge is 0.503 e. The van der Waals surface area contributed by atoms with Crippen molar-refractivity contribution in [1.82, 2.24) is 4.98 Å². The normalized spacial score (nSPS) is 13.7. The highest BCUT2D eigenvalue weighted by Gasteiger charge is 2.29. The van der Waals surface area contributed by atoms with E-state index in [2.05, 4.69) is 32.7 Å². The van der Waals surface area contributed by atoms with Gasteiger partial charge in [0, 0.05) is 11.1 Å². The van der Waals surface area contributed by atoms with Crippen LogP contribution >= 0.6 is 0 Å². The van der Waals surface area contributed by atoms with E-state index in [9.17, 15) is 9.90 Å². The zero-order valence-corrected chi connectivity index (χ0v) is 11.4. The third-order valence-corrected chi connectivity index (χ3v) is 3.85. The zero-order valence-electron chi connectivity index (χ0n) is 11.4. The lowest BCUT2D eigenvalue weighted by Gasteiger charge is -2.32. The SMILES string of the molecule is CCCC(C)C(C)(C)c1cc(C)c(O)c(=O)[nH]1. The molecule has 0 bridgehead atoms. The van der Waals surface area contributed by atoms with Gasteiger partial charge in [0.25, 0.3) is 5.56 Å². The summed E-state index contributed by atoms with van der Waals surface area (Å²) in [6.45, 7) is 10.4. The van der Waals surface area contributed by atoms with Crippen LogP contribution in [0.4, 0.5) is 0 Å². The number of aryl methyl sites for hydroxylation is 1. The highest BCUT2D eigenvalue weighted by molar-refractivity contribution is 5.32. The van der Waals surface area contributed by atoms with E-state index >= 15 is 0 Å². The minimum atomic E-state index is -0.392. The summed E-state index contributed by atoms with van der Waals surface area (Å²) in [6, 6.07) is 1.88. The Bertz CT molecular complexity index is 446. The first-order chi connectivity index (χ1) is 7.80. The van der Waals surface area contributed by atoms with Gasteiger partial charge in [0.1, 0.15) is 0 Å². The molecule has 1 heterocycles. The van der Waals surface area contributed by atoms with E-state index in [1.807, 2.05) is 6.07 Å². The smallest absolute Gasteiger partial charge is 0.290 e. The molecule has 17 heavy (non-hydrogen) atoms. The Balaban J connectivity index is 3.19. The molecule has 0 aliphatic rings. The van der Waals surface area contributed by atoms with E-state index in [-0.39, 0.29) is 11.2 Å². The van der Waals surface area contributed by atoms with E-state index in [4.69, 9.17) is 0 Å². The molecule has 96 valence electrons. The second kappa shape index (κ2) is 4.94. The summed E-state index contributed by atoms with van der Waals surface area (Å²) in [7, 11) is 0. The number of hydrogen-bond donors (Lipinski definition) is 2. The van der Waals surface area contributed by atoms with Crippen molar-refractivity contribution in [3.05, 3.63) is 27.7 Å². The molecular formula is C14H23NO2. The number of hydrogen-bond acceptors (Lipinski definition) is 2. The van der Waals surface area contributed by atoms with Gasteiger partial charge in [-0.1, -0.05) is 40.5 Å². The summed E-state index contributed by atoms with van der Waals surface area (Å²) >= 11 is 0. The maximum Gasteiger partial charge on any atom is 0.290 e. The number of rotatable bonds is 4. The number of nitrogens with one attached hydrogen (secondary N) is 1. The number of aromatic nitrogens is 1. The Morgan fingerprint density at radius 1 is 1.47 bits per heavy atom. The molecule has 0 saturated heterocycles. The summed E-state index contributed by atoms with van der Waals surface area (Å²) < 4.78 is 0. The van der Waals surface area contributed by atoms with Crippen LogP contribution in [0.1, 0.15) is 51.8 Å². The molecule has 1 rings (SSSR count). The van der Waals surface area contributed by atoms with Gasteiger partial charge in [0.2, 0.25) is 0 Å². The van der Waals surface area contributed by atoms with Crippen molar-refractivity contribution >= 4 is 0 Å². The van der Waals surface area contributed by atoms with Gasteiger partial charge in [-0.3, -0.25) is 4.79 Å². The van der Waals surface area contributed by atoms with Crippen LogP contribution in [-0.4, -0.2) is 10.1 Å². The number of pyridine rings is 1. The zero-order chi connectivity index (χ0) is 13.2. The average molecular weight is 237 g/mol. The van der Waals surface area contributed by atoms with Crippen molar-refractivity contribution in [1.29, 1.82) is 0 Å². The van der Waals surface area contributed by atoms with Gasteiger partial charge < -0.3 is 10.1 Å². The lowest BCUT2D eigenvalue weighted by molar-refractivity contribution is 0.312. The van der Waals surface area contributed by atoms with E-state index in [0.29, 0.717) is 11.5 Å². The van der Waals surface area contributed by atoms with Crippen LogP contribution in [0.3, 0.4) is 0 Å². The molecule has 0 spiro atoms. The monoisotopic (exact) mass is 237 g/mol. The van der Waals surface area contributed by atoms with Crippen LogP contribution in [0.2, 0.25) is 0 Å². The van der Waals surface area contributed by atoms with Crippen molar-refractivity contribution in [3.63, 3.8) is 0 Å². The van der Waals surface area contributed by atoms with Gasteiger partial charge >= 0.3 is 0 Å². The van der Waals surface area contributed by atoms with Crippen LogP contribution in [0.15, 0.2) is 10.9 Å². The summed E-state index contributed by atoms with van der Waals surface area (Å²) in [5.41, 5.74) is 1.06. The highest BCUT2D eigenvalue weighted by Crippen LogP contribution is 2.33. The molecule has 0 radical (unpaired) electrons. The maximum absolute atomic E-state index is 11.6. The lowest BCUT2D eigenvalue weighted by Crippen LogP contribution is -2.30. The third kappa shape index (κ3) is 2.71. The van der Waals surface area contributed by atoms with Crippen molar-refractivity contribution in [2.45, 2.75) is 52.9 Å². The molecule has 0 aromatic carbocycles.